The molecule has 0 fully saturated rings. The first-order valence-electron chi connectivity index (χ1n) is 4.53. The topological polar surface area (TPSA) is 40.2 Å². The van der Waals surface area contributed by atoms with E-state index in [-0.39, 0.29) is 11.1 Å². The molecule has 0 aliphatic carbocycles. The second kappa shape index (κ2) is 3.43. The van der Waals surface area contributed by atoms with Gasteiger partial charge in [0.1, 0.15) is 0 Å². The molecule has 3 nitrogen and oxygen atoms in total. The maximum Gasteiger partial charge on any atom is 0.171 e. The standard InChI is InChI=1S/C10H15BrNO2/c1-9(2)5-7(8(13)6-11)10(3,4)12(9)14/h5H,6H2,1-4H3. The van der Waals surface area contributed by atoms with Gasteiger partial charge in [0.2, 0.25) is 0 Å². The highest BCUT2D eigenvalue weighted by atomic mass is 79.9. The van der Waals surface area contributed by atoms with Crippen LogP contribution in [0.15, 0.2) is 11.6 Å². The van der Waals surface area contributed by atoms with E-state index in [9.17, 15) is 10.0 Å². The first kappa shape index (κ1) is 11.9. The highest BCUT2D eigenvalue weighted by Crippen LogP contribution is 2.38. The molecule has 0 spiro atoms. The third-order valence-corrected chi connectivity index (χ3v) is 3.12. The minimum absolute atomic E-state index is 0.0126. The van der Waals surface area contributed by atoms with Crippen LogP contribution in [0.3, 0.4) is 0 Å². The number of carbonyl (C=O) groups is 1. The Labute approximate surface area is 92.9 Å². The van der Waals surface area contributed by atoms with Crippen molar-refractivity contribution in [1.29, 1.82) is 0 Å². The van der Waals surface area contributed by atoms with Crippen LogP contribution in [0.25, 0.3) is 0 Å². The van der Waals surface area contributed by atoms with Crippen molar-refractivity contribution in [1.82, 2.24) is 5.06 Å². The van der Waals surface area contributed by atoms with Gasteiger partial charge in [-0.1, -0.05) is 22.0 Å². The van der Waals surface area contributed by atoms with E-state index in [1.807, 2.05) is 13.8 Å². The van der Waals surface area contributed by atoms with E-state index in [2.05, 4.69) is 15.9 Å². The van der Waals surface area contributed by atoms with Gasteiger partial charge in [-0.15, -0.1) is 10.3 Å². The predicted molar refractivity (Wildman–Crippen MR) is 57.6 cm³/mol. The number of hydrogen-bond donors (Lipinski definition) is 0. The first-order chi connectivity index (χ1) is 6.23. The third kappa shape index (κ3) is 1.66. The van der Waals surface area contributed by atoms with Crippen LogP contribution in [-0.4, -0.2) is 27.3 Å². The molecule has 79 valence electrons. The zero-order chi connectivity index (χ0) is 11.1. The maximum atomic E-state index is 11.9. The summed E-state index contributed by atoms with van der Waals surface area (Å²) >= 11 is 3.12. The minimum Gasteiger partial charge on any atom is -0.294 e. The number of rotatable bonds is 2. The normalized spacial score (nSPS) is 24.9. The number of carbonyl (C=O) groups excluding carboxylic acids is 1. The SMILES string of the molecule is CC1(C)C=C(C(=O)CBr)C(C)(C)N1[O]. The molecule has 4 heteroatoms. The molecular formula is C10H15BrNO2. The lowest BCUT2D eigenvalue weighted by Gasteiger charge is -2.33. The van der Waals surface area contributed by atoms with Gasteiger partial charge in [-0.25, -0.2) is 0 Å². The molecule has 1 heterocycles. The Morgan fingerprint density at radius 2 is 1.93 bits per heavy atom. The van der Waals surface area contributed by atoms with Crippen LogP contribution >= 0.6 is 15.9 Å². The van der Waals surface area contributed by atoms with Gasteiger partial charge < -0.3 is 0 Å². The summed E-state index contributed by atoms with van der Waals surface area (Å²) in [4.78, 5) is 11.6. The molecule has 1 rings (SSSR count). The number of nitrogens with zero attached hydrogens (tertiary/aromatic N) is 1. The van der Waals surface area contributed by atoms with E-state index in [0.29, 0.717) is 5.57 Å². The molecule has 0 saturated carbocycles. The maximum absolute atomic E-state index is 11.9. The second-order valence-corrected chi connectivity index (χ2v) is 5.18. The first-order valence-corrected chi connectivity index (χ1v) is 5.65. The monoisotopic (exact) mass is 260 g/mol. The van der Waals surface area contributed by atoms with Crippen LogP contribution < -0.4 is 0 Å². The van der Waals surface area contributed by atoms with Crippen molar-refractivity contribution in [2.24, 2.45) is 0 Å². The summed E-state index contributed by atoms with van der Waals surface area (Å²) in [6, 6.07) is 0. The van der Waals surface area contributed by atoms with Gasteiger partial charge in [-0.3, -0.25) is 4.79 Å². The number of alkyl halides is 1. The summed E-state index contributed by atoms with van der Waals surface area (Å²) < 4.78 is 0. The molecule has 1 aliphatic rings. The molecule has 0 bridgehead atoms. The lowest BCUT2D eigenvalue weighted by atomic mass is 9.94. The van der Waals surface area contributed by atoms with E-state index < -0.39 is 11.1 Å². The van der Waals surface area contributed by atoms with Crippen LogP contribution in [0.1, 0.15) is 27.7 Å². The molecule has 1 aliphatic heterocycles. The highest BCUT2D eigenvalue weighted by molar-refractivity contribution is 9.09. The summed E-state index contributed by atoms with van der Waals surface area (Å²) in [7, 11) is 0. The van der Waals surface area contributed by atoms with Crippen LogP contribution in [0.5, 0.6) is 0 Å². The molecule has 0 saturated heterocycles. The Balaban J connectivity index is 3.13. The average Bonchev–Trinajstić information content (AvgIpc) is 2.25. The fourth-order valence-corrected chi connectivity index (χ4v) is 2.21. The van der Waals surface area contributed by atoms with Gasteiger partial charge in [-0.05, 0) is 27.7 Å². The van der Waals surface area contributed by atoms with Gasteiger partial charge in [0.25, 0.3) is 0 Å². The number of halogens is 1. The summed E-state index contributed by atoms with van der Waals surface area (Å²) in [5.74, 6) is -0.0126. The van der Waals surface area contributed by atoms with Gasteiger partial charge in [0.05, 0.1) is 16.4 Å². The number of hydrogen-bond acceptors (Lipinski definition) is 2. The zero-order valence-corrected chi connectivity index (χ0v) is 10.5. The predicted octanol–water partition coefficient (Wildman–Crippen LogP) is 2.10. The van der Waals surface area contributed by atoms with Crippen LogP contribution in [0.4, 0.5) is 0 Å². The molecule has 1 radical (unpaired) electrons. The Kier molecular flexibility index (Phi) is 2.91. The summed E-state index contributed by atoms with van der Waals surface area (Å²) in [6.45, 7) is 7.19. The number of Topliss-reactive ketones (excluding diaryl/α,β-unsaturated/α-hetero) is 1. The molecule has 0 amide bonds. The van der Waals surface area contributed by atoms with Crippen LogP contribution in [0.2, 0.25) is 0 Å². The Morgan fingerprint density at radius 1 is 1.43 bits per heavy atom. The second-order valence-electron chi connectivity index (χ2n) is 4.62. The van der Waals surface area contributed by atoms with E-state index in [1.165, 1.54) is 0 Å². The lowest BCUT2D eigenvalue weighted by Crippen LogP contribution is -2.47. The molecule has 0 aromatic heterocycles. The summed E-state index contributed by atoms with van der Waals surface area (Å²) in [6.07, 6.45) is 1.77. The Bertz CT molecular complexity index is 294. The summed E-state index contributed by atoms with van der Waals surface area (Å²) in [5, 5.41) is 13.1. The number of ketones is 1. The lowest BCUT2D eigenvalue weighted by molar-refractivity contribution is -0.238. The van der Waals surface area contributed by atoms with Crippen LogP contribution in [0, 0.1) is 0 Å². The minimum atomic E-state index is -0.714. The van der Waals surface area contributed by atoms with Crippen molar-refractivity contribution in [2.75, 3.05) is 5.33 Å². The average molecular weight is 261 g/mol. The Morgan fingerprint density at radius 3 is 2.21 bits per heavy atom. The quantitative estimate of drug-likeness (QED) is 0.714. The zero-order valence-electron chi connectivity index (χ0n) is 8.93. The van der Waals surface area contributed by atoms with Gasteiger partial charge in [0, 0.05) is 5.57 Å². The molecular weight excluding hydrogens is 246 g/mol. The van der Waals surface area contributed by atoms with Crippen molar-refractivity contribution < 1.29 is 10.0 Å². The van der Waals surface area contributed by atoms with Crippen LogP contribution in [-0.2, 0) is 10.0 Å². The van der Waals surface area contributed by atoms with Gasteiger partial charge in [0.15, 0.2) is 5.78 Å². The van der Waals surface area contributed by atoms with Gasteiger partial charge >= 0.3 is 0 Å². The molecule has 14 heavy (non-hydrogen) atoms. The smallest absolute Gasteiger partial charge is 0.171 e. The molecule has 0 aromatic rings. The molecule has 0 atom stereocenters. The van der Waals surface area contributed by atoms with Crippen molar-refractivity contribution in [3.05, 3.63) is 11.6 Å². The van der Waals surface area contributed by atoms with E-state index in [4.69, 9.17) is 0 Å². The third-order valence-electron chi connectivity index (χ3n) is 2.61. The summed E-state index contributed by atoms with van der Waals surface area (Å²) in [5.41, 5.74) is -0.695. The Hall–Kier alpha value is -0.190. The fourth-order valence-electron chi connectivity index (χ4n) is 1.91. The molecule has 0 aromatic carbocycles. The highest BCUT2D eigenvalue weighted by Gasteiger charge is 2.48. The van der Waals surface area contributed by atoms with Crippen molar-refractivity contribution in [3.8, 4) is 0 Å². The van der Waals surface area contributed by atoms with E-state index in [1.54, 1.807) is 19.9 Å². The van der Waals surface area contributed by atoms with Crippen molar-refractivity contribution in [3.63, 3.8) is 0 Å². The van der Waals surface area contributed by atoms with Crippen molar-refractivity contribution in [2.45, 2.75) is 38.8 Å². The fraction of sp³-hybridized carbons (Fsp3) is 0.700. The van der Waals surface area contributed by atoms with E-state index in [0.717, 1.165) is 5.06 Å². The number of hydroxylamine groups is 2. The molecule has 0 N–H and O–H groups in total. The van der Waals surface area contributed by atoms with Crippen molar-refractivity contribution >= 4 is 21.7 Å². The molecule has 0 unspecified atom stereocenters. The van der Waals surface area contributed by atoms with Gasteiger partial charge in [-0.2, -0.15) is 0 Å². The van der Waals surface area contributed by atoms with E-state index >= 15 is 0 Å². The largest absolute Gasteiger partial charge is 0.294 e.